The van der Waals surface area contributed by atoms with E-state index in [1.807, 2.05) is 18.2 Å². The standard InChI is InChI=1S/C25H28ClN3O4/c1-33-19-9-4-8-17(15-19)24(31)29-14-6-12-22(29)25(32)28-13-5-11-21(28)23(30)27-16-18-7-2-3-10-20(18)26/h2-4,7-10,15,21-22H,5-6,11-14,16H2,1H3,(H,27,30)/t21-,22-/m1/s1. The Kier molecular flexibility index (Phi) is 7.18. The van der Waals surface area contributed by atoms with E-state index in [1.165, 1.54) is 0 Å². The van der Waals surface area contributed by atoms with Crippen LogP contribution >= 0.6 is 11.6 Å². The topological polar surface area (TPSA) is 79.0 Å². The third kappa shape index (κ3) is 4.98. The number of halogens is 1. The van der Waals surface area contributed by atoms with Crippen molar-refractivity contribution in [2.45, 2.75) is 44.3 Å². The number of rotatable bonds is 6. The molecule has 2 aromatic rings. The molecule has 0 unspecified atom stereocenters. The third-order valence-corrected chi connectivity index (χ3v) is 6.73. The molecule has 0 radical (unpaired) electrons. The van der Waals surface area contributed by atoms with Crippen LogP contribution in [0.1, 0.15) is 41.6 Å². The lowest BCUT2D eigenvalue weighted by molar-refractivity contribution is -0.141. The van der Waals surface area contributed by atoms with Gasteiger partial charge in [-0.3, -0.25) is 14.4 Å². The molecule has 0 saturated carbocycles. The molecular formula is C25H28ClN3O4. The number of methoxy groups -OCH3 is 1. The normalized spacial score (nSPS) is 20.1. The van der Waals surface area contributed by atoms with Crippen molar-refractivity contribution in [1.29, 1.82) is 0 Å². The molecule has 2 heterocycles. The Morgan fingerprint density at radius 3 is 2.48 bits per heavy atom. The number of carbonyl (C=O) groups is 3. The van der Waals surface area contributed by atoms with Gasteiger partial charge in [0, 0.05) is 30.2 Å². The predicted molar refractivity (Wildman–Crippen MR) is 125 cm³/mol. The van der Waals surface area contributed by atoms with Crippen molar-refractivity contribution in [1.82, 2.24) is 15.1 Å². The lowest BCUT2D eigenvalue weighted by Crippen LogP contribution is -2.52. The summed E-state index contributed by atoms with van der Waals surface area (Å²) in [7, 11) is 1.55. The number of hydrogen-bond donors (Lipinski definition) is 1. The second-order valence-corrected chi connectivity index (χ2v) is 8.79. The molecular weight excluding hydrogens is 442 g/mol. The maximum atomic E-state index is 13.5. The van der Waals surface area contributed by atoms with E-state index in [0.29, 0.717) is 48.8 Å². The zero-order valence-electron chi connectivity index (χ0n) is 18.6. The maximum absolute atomic E-state index is 13.5. The van der Waals surface area contributed by atoms with Crippen LogP contribution in [0.5, 0.6) is 5.75 Å². The summed E-state index contributed by atoms with van der Waals surface area (Å²) in [6.07, 6.45) is 2.71. The first-order chi connectivity index (χ1) is 16.0. The van der Waals surface area contributed by atoms with Crippen molar-refractivity contribution in [3.63, 3.8) is 0 Å². The number of benzene rings is 2. The summed E-state index contributed by atoms with van der Waals surface area (Å²) < 4.78 is 5.23. The Morgan fingerprint density at radius 2 is 1.73 bits per heavy atom. The highest BCUT2D eigenvalue weighted by Gasteiger charge is 2.42. The molecule has 3 amide bonds. The summed E-state index contributed by atoms with van der Waals surface area (Å²) in [6.45, 7) is 1.34. The van der Waals surface area contributed by atoms with Gasteiger partial charge in [0.2, 0.25) is 11.8 Å². The van der Waals surface area contributed by atoms with Gasteiger partial charge >= 0.3 is 0 Å². The van der Waals surface area contributed by atoms with Crippen molar-refractivity contribution in [3.05, 3.63) is 64.7 Å². The molecule has 0 aromatic heterocycles. The van der Waals surface area contributed by atoms with Gasteiger partial charge in [-0.05, 0) is 55.5 Å². The summed E-state index contributed by atoms with van der Waals surface area (Å²) in [6, 6.07) is 13.2. The lowest BCUT2D eigenvalue weighted by Gasteiger charge is -2.31. The van der Waals surface area contributed by atoms with Crippen LogP contribution in [0.25, 0.3) is 0 Å². The van der Waals surface area contributed by atoms with E-state index in [-0.39, 0.29) is 17.7 Å². The second-order valence-electron chi connectivity index (χ2n) is 8.39. The minimum atomic E-state index is -0.555. The number of ether oxygens (including phenoxy) is 1. The van der Waals surface area contributed by atoms with Crippen molar-refractivity contribution in [2.24, 2.45) is 0 Å². The van der Waals surface area contributed by atoms with Gasteiger partial charge in [-0.15, -0.1) is 0 Å². The van der Waals surface area contributed by atoms with Crippen LogP contribution in [0.4, 0.5) is 0 Å². The monoisotopic (exact) mass is 469 g/mol. The van der Waals surface area contributed by atoms with Crippen molar-refractivity contribution in [2.75, 3.05) is 20.2 Å². The first-order valence-electron chi connectivity index (χ1n) is 11.3. The summed E-state index contributed by atoms with van der Waals surface area (Å²) in [5.41, 5.74) is 1.32. The molecule has 2 saturated heterocycles. The summed E-state index contributed by atoms with van der Waals surface area (Å²) in [5, 5.41) is 3.51. The highest BCUT2D eigenvalue weighted by molar-refractivity contribution is 6.31. The van der Waals surface area contributed by atoms with Gasteiger partial charge in [0.05, 0.1) is 7.11 Å². The highest BCUT2D eigenvalue weighted by atomic mass is 35.5. The fraction of sp³-hybridized carbons (Fsp3) is 0.400. The smallest absolute Gasteiger partial charge is 0.254 e. The molecule has 2 aromatic carbocycles. The molecule has 2 aliphatic heterocycles. The predicted octanol–water partition coefficient (Wildman–Crippen LogP) is 3.26. The van der Waals surface area contributed by atoms with Gasteiger partial charge in [0.15, 0.2) is 0 Å². The summed E-state index contributed by atoms with van der Waals surface area (Å²) in [5.74, 6) is 0.0602. The Balaban J connectivity index is 1.43. The van der Waals surface area contributed by atoms with E-state index in [2.05, 4.69) is 5.32 Å². The van der Waals surface area contributed by atoms with Crippen molar-refractivity contribution < 1.29 is 19.1 Å². The average molecular weight is 470 g/mol. The number of likely N-dealkylation sites (tertiary alicyclic amines) is 2. The van der Waals surface area contributed by atoms with Crippen LogP contribution in [0.2, 0.25) is 5.02 Å². The second kappa shape index (κ2) is 10.3. The molecule has 1 N–H and O–H groups in total. The zero-order chi connectivity index (χ0) is 23.4. The third-order valence-electron chi connectivity index (χ3n) is 6.36. The first-order valence-corrected chi connectivity index (χ1v) is 11.6. The minimum Gasteiger partial charge on any atom is -0.497 e. The van der Waals surface area contributed by atoms with Crippen LogP contribution in [0.3, 0.4) is 0 Å². The van der Waals surface area contributed by atoms with E-state index in [1.54, 1.807) is 47.2 Å². The molecule has 174 valence electrons. The van der Waals surface area contributed by atoms with Crippen LogP contribution in [0, 0.1) is 0 Å². The number of hydrogen-bond acceptors (Lipinski definition) is 4. The van der Waals surface area contributed by atoms with Gasteiger partial charge in [-0.25, -0.2) is 0 Å². The van der Waals surface area contributed by atoms with Crippen LogP contribution in [0.15, 0.2) is 48.5 Å². The maximum Gasteiger partial charge on any atom is 0.254 e. The molecule has 0 aliphatic carbocycles. The first kappa shape index (κ1) is 23.1. The van der Waals surface area contributed by atoms with E-state index in [9.17, 15) is 14.4 Å². The van der Waals surface area contributed by atoms with Crippen molar-refractivity contribution >= 4 is 29.3 Å². The number of carbonyl (C=O) groups excluding carboxylic acids is 3. The highest BCUT2D eigenvalue weighted by Crippen LogP contribution is 2.27. The Hall–Kier alpha value is -3.06. The minimum absolute atomic E-state index is 0.154. The summed E-state index contributed by atoms with van der Waals surface area (Å²) in [4.78, 5) is 42.8. The fourth-order valence-electron chi connectivity index (χ4n) is 4.62. The Bertz CT molecular complexity index is 1040. The zero-order valence-corrected chi connectivity index (χ0v) is 19.4. The molecule has 0 spiro atoms. The Morgan fingerprint density at radius 1 is 1.00 bits per heavy atom. The molecule has 2 aliphatic rings. The number of nitrogens with one attached hydrogen (secondary N) is 1. The molecule has 7 nitrogen and oxygen atoms in total. The number of amides is 3. The SMILES string of the molecule is COc1cccc(C(=O)N2CCC[C@@H]2C(=O)N2CCC[C@@H]2C(=O)NCc2ccccc2Cl)c1. The quantitative estimate of drug-likeness (QED) is 0.704. The Labute approximate surface area is 198 Å². The van der Waals surface area contributed by atoms with E-state index in [0.717, 1.165) is 18.4 Å². The molecule has 2 fully saturated rings. The summed E-state index contributed by atoms with van der Waals surface area (Å²) >= 11 is 6.19. The lowest BCUT2D eigenvalue weighted by atomic mass is 10.1. The van der Waals surface area contributed by atoms with Gasteiger partial charge in [0.25, 0.3) is 5.91 Å². The van der Waals surface area contributed by atoms with Gasteiger partial charge in [-0.2, -0.15) is 0 Å². The molecule has 4 rings (SSSR count). The van der Waals surface area contributed by atoms with Crippen LogP contribution < -0.4 is 10.1 Å². The van der Waals surface area contributed by atoms with Gasteiger partial charge in [0.1, 0.15) is 17.8 Å². The van der Waals surface area contributed by atoms with E-state index in [4.69, 9.17) is 16.3 Å². The van der Waals surface area contributed by atoms with Gasteiger partial charge < -0.3 is 19.9 Å². The molecule has 8 heteroatoms. The molecule has 2 atom stereocenters. The van der Waals surface area contributed by atoms with Gasteiger partial charge in [-0.1, -0.05) is 35.9 Å². The van der Waals surface area contributed by atoms with Crippen LogP contribution in [-0.4, -0.2) is 59.8 Å². The molecule has 0 bridgehead atoms. The van der Waals surface area contributed by atoms with E-state index >= 15 is 0 Å². The average Bonchev–Trinajstić information content (AvgIpc) is 3.53. The number of nitrogens with zero attached hydrogens (tertiary/aromatic N) is 2. The van der Waals surface area contributed by atoms with Crippen molar-refractivity contribution in [3.8, 4) is 5.75 Å². The van der Waals surface area contributed by atoms with Crippen LogP contribution in [-0.2, 0) is 16.1 Å². The molecule has 33 heavy (non-hydrogen) atoms. The largest absolute Gasteiger partial charge is 0.497 e. The fourth-order valence-corrected chi connectivity index (χ4v) is 4.83. The van der Waals surface area contributed by atoms with E-state index < -0.39 is 12.1 Å².